The zero-order chi connectivity index (χ0) is 7.45. The molecule has 1 aliphatic carbocycles. The van der Waals surface area contributed by atoms with Gasteiger partial charge < -0.3 is 0 Å². The van der Waals surface area contributed by atoms with Crippen LogP contribution in [0.4, 0.5) is 0 Å². The van der Waals surface area contributed by atoms with Crippen LogP contribution in [0.2, 0.25) is 0 Å². The molecule has 0 aromatic heterocycles. The van der Waals surface area contributed by atoms with Gasteiger partial charge in [0.05, 0.1) is 0 Å². The van der Waals surface area contributed by atoms with Gasteiger partial charge in [-0.1, -0.05) is 19.3 Å². The molecule has 10 heavy (non-hydrogen) atoms. The van der Waals surface area contributed by atoms with E-state index in [1.54, 1.807) is 0 Å². The average molecular weight is 179 g/mol. The molecule has 0 saturated heterocycles. The lowest BCUT2D eigenvalue weighted by molar-refractivity contribution is 0.426. The maximum atomic E-state index is 5.92. The van der Waals surface area contributed by atoms with Crippen LogP contribution in [0.1, 0.15) is 32.1 Å². The van der Waals surface area contributed by atoms with Crippen molar-refractivity contribution in [1.29, 1.82) is 0 Å². The Morgan fingerprint density at radius 2 is 1.90 bits per heavy atom. The lowest BCUT2D eigenvalue weighted by atomic mass is 9.90. The molecule has 0 bridgehead atoms. The van der Waals surface area contributed by atoms with E-state index < -0.39 is 0 Å². The molecular weight excluding hydrogens is 164 g/mol. The quantitative estimate of drug-likeness (QED) is 0.585. The minimum absolute atomic E-state index is 0.444. The van der Waals surface area contributed by atoms with E-state index in [1.807, 2.05) is 11.8 Å². The van der Waals surface area contributed by atoms with Crippen LogP contribution in [0.25, 0.3) is 0 Å². The summed E-state index contributed by atoms with van der Waals surface area (Å²) >= 11 is 7.88. The summed E-state index contributed by atoms with van der Waals surface area (Å²) in [7, 11) is 0. The summed E-state index contributed by atoms with van der Waals surface area (Å²) < 4.78 is 0.444. The zero-order valence-electron chi connectivity index (χ0n) is 6.53. The van der Waals surface area contributed by atoms with E-state index in [9.17, 15) is 0 Å². The van der Waals surface area contributed by atoms with E-state index in [0.717, 1.165) is 5.88 Å². The first-order valence-corrected chi connectivity index (χ1v) is 5.70. The van der Waals surface area contributed by atoms with E-state index in [4.69, 9.17) is 11.6 Å². The monoisotopic (exact) mass is 178 g/mol. The van der Waals surface area contributed by atoms with Gasteiger partial charge in [0.15, 0.2) is 0 Å². The third kappa shape index (κ3) is 1.82. The van der Waals surface area contributed by atoms with Crippen molar-refractivity contribution in [2.24, 2.45) is 0 Å². The fraction of sp³-hybridized carbons (Fsp3) is 1.00. The number of hydrogen-bond donors (Lipinski definition) is 0. The van der Waals surface area contributed by atoms with Crippen molar-refractivity contribution in [3.63, 3.8) is 0 Å². The number of alkyl halides is 1. The third-order valence-electron chi connectivity index (χ3n) is 2.44. The Kier molecular flexibility index (Phi) is 3.38. The summed E-state index contributed by atoms with van der Waals surface area (Å²) in [5.74, 6) is 0.841. The van der Waals surface area contributed by atoms with Crippen molar-refractivity contribution >= 4 is 23.4 Å². The minimum atomic E-state index is 0.444. The lowest BCUT2D eigenvalue weighted by Crippen LogP contribution is -2.29. The number of halogens is 1. The van der Waals surface area contributed by atoms with E-state index in [2.05, 4.69) is 6.26 Å². The van der Waals surface area contributed by atoms with E-state index in [1.165, 1.54) is 32.1 Å². The van der Waals surface area contributed by atoms with Gasteiger partial charge in [-0.25, -0.2) is 0 Å². The van der Waals surface area contributed by atoms with Crippen LogP contribution in [-0.4, -0.2) is 16.9 Å². The second kappa shape index (κ2) is 3.87. The van der Waals surface area contributed by atoms with E-state index >= 15 is 0 Å². The molecule has 0 radical (unpaired) electrons. The molecule has 0 spiro atoms. The minimum Gasteiger partial charge on any atom is -0.157 e. The molecule has 0 amide bonds. The molecule has 0 nitrogen and oxygen atoms in total. The average Bonchev–Trinajstić information content (AvgIpc) is 2.06. The van der Waals surface area contributed by atoms with Crippen molar-refractivity contribution in [1.82, 2.24) is 0 Å². The normalized spacial score (nSPS) is 24.6. The highest BCUT2D eigenvalue weighted by Gasteiger charge is 2.29. The van der Waals surface area contributed by atoms with Crippen molar-refractivity contribution in [3.05, 3.63) is 0 Å². The highest BCUT2D eigenvalue weighted by molar-refractivity contribution is 8.00. The molecule has 0 aromatic rings. The smallest absolute Gasteiger partial charge is 0.0370 e. The van der Waals surface area contributed by atoms with Gasteiger partial charge in [-0.2, -0.15) is 11.8 Å². The first kappa shape index (κ1) is 8.73. The van der Waals surface area contributed by atoms with Gasteiger partial charge in [-0.05, 0) is 19.1 Å². The molecule has 0 aliphatic heterocycles. The maximum Gasteiger partial charge on any atom is 0.0370 e. The molecular formula is C8H15ClS. The molecule has 0 aromatic carbocycles. The lowest BCUT2D eigenvalue weighted by Gasteiger charge is -2.33. The van der Waals surface area contributed by atoms with Crippen LogP contribution in [0.3, 0.4) is 0 Å². The highest BCUT2D eigenvalue weighted by atomic mass is 35.5. The predicted molar refractivity (Wildman–Crippen MR) is 50.1 cm³/mol. The second-order valence-electron chi connectivity index (χ2n) is 3.08. The largest absolute Gasteiger partial charge is 0.157 e. The maximum absolute atomic E-state index is 5.92. The Morgan fingerprint density at radius 1 is 1.30 bits per heavy atom. The topological polar surface area (TPSA) is 0 Å². The summed E-state index contributed by atoms with van der Waals surface area (Å²) in [6, 6.07) is 0. The molecule has 0 unspecified atom stereocenters. The van der Waals surface area contributed by atoms with Gasteiger partial charge in [0.1, 0.15) is 0 Å². The molecule has 1 rings (SSSR count). The summed E-state index contributed by atoms with van der Waals surface area (Å²) in [5.41, 5.74) is 0. The Hall–Kier alpha value is 0.640. The van der Waals surface area contributed by atoms with Crippen LogP contribution in [0.5, 0.6) is 0 Å². The van der Waals surface area contributed by atoms with Gasteiger partial charge in [-0.15, -0.1) is 11.6 Å². The van der Waals surface area contributed by atoms with Crippen molar-refractivity contribution in [2.75, 3.05) is 12.1 Å². The van der Waals surface area contributed by atoms with Crippen molar-refractivity contribution in [2.45, 2.75) is 36.9 Å². The van der Waals surface area contributed by atoms with E-state index in [-0.39, 0.29) is 0 Å². The summed E-state index contributed by atoms with van der Waals surface area (Å²) in [6.07, 6.45) is 9.03. The van der Waals surface area contributed by atoms with Crippen molar-refractivity contribution < 1.29 is 0 Å². The fourth-order valence-electron chi connectivity index (χ4n) is 1.59. The molecule has 1 aliphatic rings. The van der Waals surface area contributed by atoms with E-state index in [0.29, 0.717) is 4.75 Å². The first-order chi connectivity index (χ1) is 4.83. The van der Waals surface area contributed by atoms with Crippen LogP contribution >= 0.6 is 23.4 Å². The molecule has 0 N–H and O–H groups in total. The molecule has 0 atom stereocenters. The van der Waals surface area contributed by atoms with Gasteiger partial charge in [0.2, 0.25) is 0 Å². The molecule has 2 heteroatoms. The van der Waals surface area contributed by atoms with Gasteiger partial charge in [0, 0.05) is 10.6 Å². The number of hydrogen-bond acceptors (Lipinski definition) is 1. The Labute approximate surface area is 72.7 Å². The number of thioether (sulfide) groups is 1. The summed E-state index contributed by atoms with van der Waals surface area (Å²) in [5, 5.41) is 0. The summed E-state index contributed by atoms with van der Waals surface area (Å²) in [4.78, 5) is 0. The van der Waals surface area contributed by atoms with Crippen molar-refractivity contribution in [3.8, 4) is 0 Å². The second-order valence-corrected chi connectivity index (χ2v) is 4.62. The van der Waals surface area contributed by atoms with Crippen LogP contribution < -0.4 is 0 Å². The first-order valence-electron chi connectivity index (χ1n) is 3.94. The zero-order valence-corrected chi connectivity index (χ0v) is 8.10. The van der Waals surface area contributed by atoms with Crippen LogP contribution in [-0.2, 0) is 0 Å². The Bertz CT molecular complexity index is 91.4. The van der Waals surface area contributed by atoms with Crippen LogP contribution in [0, 0.1) is 0 Å². The number of rotatable bonds is 2. The molecule has 1 fully saturated rings. The molecule has 60 valence electrons. The van der Waals surface area contributed by atoms with Gasteiger partial charge in [-0.3, -0.25) is 0 Å². The Morgan fingerprint density at radius 3 is 2.20 bits per heavy atom. The summed E-state index contributed by atoms with van der Waals surface area (Å²) in [6.45, 7) is 0. The SMILES string of the molecule is CSC1(CCl)CCCCC1. The fourth-order valence-corrected chi connectivity index (χ4v) is 2.99. The molecule has 1 saturated carbocycles. The standard InChI is InChI=1S/C8H15ClS/c1-10-8(7-9)5-3-2-4-6-8/h2-7H2,1H3. The Balaban J connectivity index is 2.44. The molecule has 0 heterocycles. The highest BCUT2D eigenvalue weighted by Crippen LogP contribution is 2.39. The van der Waals surface area contributed by atoms with Gasteiger partial charge >= 0.3 is 0 Å². The predicted octanol–water partition coefficient (Wildman–Crippen LogP) is 3.29. The third-order valence-corrected chi connectivity index (χ3v) is 4.53. The van der Waals surface area contributed by atoms with Gasteiger partial charge in [0.25, 0.3) is 0 Å². The van der Waals surface area contributed by atoms with Crippen LogP contribution in [0.15, 0.2) is 0 Å².